The van der Waals surface area contributed by atoms with Gasteiger partial charge in [-0.05, 0) is 41.8 Å². The lowest BCUT2D eigenvalue weighted by Gasteiger charge is -1.98. The standard InChI is InChI=1S/C20H22S3/c1-2-3-4-5-6-7-8-14-13-17-19-15(9-11-22-19)18-16(10-12-21-18)20(17)23-14/h9-13H,2-8H2,1H3. The van der Waals surface area contributed by atoms with E-state index in [4.69, 9.17) is 0 Å². The molecule has 0 saturated heterocycles. The van der Waals surface area contributed by atoms with Gasteiger partial charge in [0, 0.05) is 35.1 Å². The molecule has 0 aliphatic rings. The van der Waals surface area contributed by atoms with E-state index in [0.29, 0.717) is 0 Å². The van der Waals surface area contributed by atoms with Gasteiger partial charge in [0.15, 0.2) is 0 Å². The molecule has 1 aromatic carbocycles. The molecule has 0 atom stereocenters. The number of benzene rings is 1. The van der Waals surface area contributed by atoms with Crippen molar-refractivity contribution in [2.45, 2.75) is 51.9 Å². The zero-order valence-corrected chi connectivity index (χ0v) is 16.0. The van der Waals surface area contributed by atoms with Crippen LogP contribution < -0.4 is 0 Å². The Morgan fingerprint density at radius 1 is 0.739 bits per heavy atom. The van der Waals surface area contributed by atoms with Crippen LogP contribution in [-0.4, -0.2) is 0 Å². The number of rotatable bonds is 7. The Hall–Kier alpha value is -0.900. The summed E-state index contributed by atoms with van der Waals surface area (Å²) in [4.78, 5) is 1.57. The molecule has 0 bridgehead atoms. The number of thiophene rings is 3. The van der Waals surface area contributed by atoms with Crippen molar-refractivity contribution in [1.29, 1.82) is 0 Å². The molecular weight excluding hydrogens is 336 g/mol. The second kappa shape index (κ2) is 6.92. The van der Waals surface area contributed by atoms with Gasteiger partial charge in [-0.3, -0.25) is 0 Å². The topological polar surface area (TPSA) is 0 Å². The SMILES string of the molecule is CCCCCCCCc1cc2c3sccc3c3sccc3c2s1. The molecule has 0 fully saturated rings. The highest BCUT2D eigenvalue weighted by atomic mass is 32.1. The second-order valence-corrected chi connectivity index (χ2v) is 9.27. The van der Waals surface area contributed by atoms with E-state index in [9.17, 15) is 0 Å². The molecule has 120 valence electrons. The third-order valence-corrected chi connectivity index (χ3v) is 7.75. The number of hydrogen-bond acceptors (Lipinski definition) is 3. The quantitative estimate of drug-likeness (QED) is 0.292. The number of fused-ring (bicyclic) bond motifs is 6. The van der Waals surface area contributed by atoms with Gasteiger partial charge in [-0.25, -0.2) is 0 Å². The summed E-state index contributed by atoms with van der Waals surface area (Å²) in [5.74, 6) is 0. The third kappa shape index (κ3) is 2.95. The number of unbranched alkanes of at least 4 members (excludes halogenated alkanes) is 5. The van der Waals surface area contributed by atoms with Crippen molar-refractivity contribution in [2.75, 3.05) is 0 Å². The Bertz CT molecular complexity index is 855. The molecule has 3 heterocycles. The predicted molar refractivity (Wildman–Crippen MR) is 110 cm³/mol. The van der Waals surface area contributed by atoms with Gasteiger partial charge >= 0.3 is 0 Å². The molecule has 4 aromatic rings. The van der Waals surface area contributed by atoms with E-state index in [2.05, 4.69) is 35.9 Å². The van der Waals surface area contributed by atoms with Crippen molar-refractivity contribution >= 4 is 64.3 Å². The van der Waals surface area contributed by atoms with E-state index < -0.39 is 0 Å². The lowest BCUT2D eigenvalue weighted by Crippen LogP contribution is -1.82. The van der Waals surface area contributed by atoms with Crippen molar-refractivity contribution in [3.8, 4) is 0 Å². The minimum absolute atomic E-state index is 1.25. The molecular formula is C20H22S3. The molecule has 0 saturated carbocycles. The van der Waals surface area contributed by atoms with Crippen LogP contribution in [0.4, 0.5) is 0 Å². The number of hydrogen-bond donors (Lipinski definition) is 0. The Kier molecular flexibility index (Phi) is 4.70. The first-order chi connectivity index (χ1) is 11.4. The highest BCUT2D eigenvalue weighted by Gasteiger charge is 2.13. The van der Waals surface area contributed by atoms with Crippen molar-refractivity contribution in [2.24, 2.45) is 0 Å². The fourth-order valence-corrected chi connectivity index (χ4v) is 6.70. The summed E-state index contributed by atoms with van der Waals surface area (Å²) in [6.45, 7) is 2.29. The van der Waals surface area contributed by atoms with E-state index in [1.165, 1.54) is 75.2 Å². The molecule has 4 rings (SSSR count). The molecule has 0 nitrogen and oxygen atoms in total. The Morgan fingerprint density at radius 2 is 1.39 bits per heavy atom. The zero-order valence-electron chi connectivity index (χ0n) is 13.6. The van der Waals surface area contributed by atoms with Crippen LogP contribution in [0.25, 0.3) is 30.3 Å². The van der Waals surface area contributed by atoms with Crippen LogP contribution >= 0.6 is 34.0 Å². The fraction of sp³-hybridized carbons (Fsp3) is 0.400. The first-order valence-corrected chi connectivity index (χ1v) is 11.2. The van der Waals surface area contributed by atoms with E-state index in [1.807, 2.05) is 34.0 Å². The van der Waals surface area contributed by atoms with E-state index in [1.54, 1.807) is 4.88 Å². The van der Waals surface area contributed by atoms with Crippen molar-refractivity contribution in [3.05, 3.63) is 33.8 Å². The largest absolute Gasteiger partial charge is 0.143 e. The Labute approximate surface area is 149 Å². The molecule has 0 unspecified atom stereocenters. The maximum Gasteiger partial charge on any atom is 0.0447 e. The third-order valence-electron chi connectivity index (χ3n) is 4.62. The van der Waals surface area contributed by atoms with Crippen LogP contribution in [0.2, 0.25) is 0 Å². The van der Waals surface area contributed by atoms with Crippen LogP contribution in [0.3, 0.4) is 0 Å². The minimum atomic E-state index is 1.25. The lowest BCUT2D eigenvalue weighted by molar-refractivity contribution is 0.609. The smallest absolute Gasteiger partial charge is 0.0447 e. The predicted octanol–water partition coefficient (Wildman–Crippen LogP) is 8.23. The fourth-order valence-electron chi connectivity index (χ4n) is 3.41. The maximum absolute atomic E-state index is 2.47. The molecule has 3 heteroatoms. The lowest BCUT2D eigenvalue weighted by atomic mass is 10.1. The van der Waals surface area contributed by atoms with E-state index >= 15 is 0 Å². The van der Waals surface area contributed by atoms with Crippen LogP contribution in [0.15, 0.2) is 29.0 Å². The van der Waals surface area contributed by atoms with Gasteiger partial charge in [-0.1, -0.05) is 39.0 Å². The van der Waals surface area contributed by atoms with Gasteiger partial charge in [-0.15, -0.1) is 34.0 Å². The zero-order chi connectivity index (χ0) is 15.6. The molecule has 0 N–H and O–H groups in total. The van der Waals surface area contributed by atoms with Gasteiger partial charge in [0.1, 0.15) is 0 Å². The monoisotopic (exact) mass is 358 g/mol. The van der Waals surface area contributed by atoms with E-state index in [0.717, 1.165) is 0 Å². The van der Waals surface area contributed by atoms with Gasteiger partial charge < -0.3 is 0 Å². The van der Waals surface area contributed by atoms with Crippen molar-refractivity contribution < 1.29 is 0 Å². The normalized spacial score (nSPS) is 12.0. The molecule has 0 spiro atoms. The summed E-state index contributed by atoms with van der Waals surface area (Å²) in [6.07, 6.45) is 9.54. The summed E-state index contributed by atoms with van der Waals surface area (Å²) >= 11 is 5.82. The van der Waals surface area contributed by atoms with Crippen LogP contribution in [0, 0.1) is 0 Å². The molecule has 0 radical (unpaired) electrons. The summed E-state index contributed by atoms with van der Waals surface area (Å²) in [5, 5.41) is 8.90. The highest BCUT2D eigenvalue weighted by molar-refractivity contribution is 7.25. The van der Waals surface area contributed by atoms with Gasteiger partial charge in [0.2, 0.25) is 0 Å². The Balaban J connectivity index is 1.60. The van der Waals surface area contributed by atoms with Crippen molar-refractivity contribution in [1.82, 2.24) is 0 Å². The van der Waals surface area contributed by atoms with Crippen LogP contribution in [0.5, 0.6) is 0 Å². The van der Waals surface area contributed by atoms with Crippen LogP contribution in [0.1, 0.15) is 50.3 Å². The Morgan fingerprint density at radius 3 is 2.17 bits per heavy atom. The molecule has 0 aliphatic heterocycles. The summed E-state index contributed by atoms with van der Waals surface area (Å²) < 4.78 is 4.47. The molecule has 3 aromatic heterocycles. The molecule has 0 amide bonds. The first kappa shape index (κ1) is 15.6. The second-order valence-electron chi connectivity index (χ2n) is 6.30. The molecule has 0 aliphatic carbocycles. The van der Waals surface area contributed by atoms with Gasteiger partial charge in [0.25, 0.3) is 0 Å². The average Bonchev–Trinajstić information content (AvgIpc) is 3.27. The average molecular weight is 359 g/mol. The summed E-state index contributed by atoms with van der Waals surface area (Å²) in [7, 11) is 0. The highest BCUT2D eigenvalue weighted by Crippen LogP contribution is 2.43. The maximum atomic E-state index is 2.47. The summed E-state index contributed by atoms with van der Waals surface area (Å²) in [6, 6.07) is 7.08. The van der Waals surface area contributed by atoms with Crippen molar-refractivity contribution in [3.63, 3.8) is 0 Å². The summed E-state index contributed by atoms with van der Waals surface area (Å²) in [5.41, 5.74) is 0. The van der Waals surface area contributed by atoms with Gasteiger partial charge in [0.05, 0.1) is 0 Å². The minimum Gasteiger partial charge on any atom is -0.143 e. The molecule has 23 heavy (non-hydrogen) atoms. The van der Waals surface area contributed by atoms with E-state index in [-0.39, 0.29) is 0 Å². The first-order valence-electron chi connectivity index (χ1n) is 8.67. The number of aryl methyl sites for hydroxylation is 1. The van der Waals surface area contributed by atoms with Gasteiger partial charge in [-0.2, -0.15) is 0 Å². The van der Waals surface area contributed by atoms with Crippen LogP contribution in [-0.2, 0) is 6.42 Å².